The summed E-state index contributed by atoms with van der Waals surface area (Å²) in [7, 11) is 0. The van der Waals surface area contributed by atoms with E-state index in [-0.39, 0.29) is 5.91 Å². The molecule has 2 heterocycles. The Hall–Kier alpha value is -2.72. The quantitative estimate of drug-likeness (QED) is 0.712. The van der Waals surface area contributed by atoms with Gasteiger partial charge in [-0.1, -0.05) is 54.6 Å². The first-order valence-corrected chi connectivity index (χ1v) is 10.2. The summed E-state index contributed by atoms with van der Waals surface area (Å²) >= 11 is 0. The number of hydrogen-bond acceptors (Lipinski definition) is 3. The molecule has 0 bridgehead atoms. The van der Waals surface area contributed by atoms with E-state index in [1.54, 1.807) is 6.07 Å². The number of nitrogens with one attached hydrogen (secondary N) is 1. The Bertz CT molecular complexity index is 917. The lowest BCUT2D eigenvalue weighted by atomic mass is 9.90. The molecule has 1 amide bonds. The number of piperidine rings is 1. The Balaban J connectivity index is 1.20. The number of nitrogens with zero attached hydrogens (tertiary/aromatic N) is 2. The maximum absolute atomic E-state index is 12.4. The highest BCUT2D eigenvalue weighted by molar-refractivity contribution is 5.94. The molecule has 0 saturated carbocycles. The molecular weight excluding hydrogens is 346 g/mol. The molecule has 1 saturated heterocycles. The highest BCUT2D eigenvalue weighted by Gasteiger charge is 2.19. The molecule has 0 aliphatic carbocycles. The number of likely N-dealkylation sites (tertiary alicyclic amines) is 1. The van der Waals surface area contributed by atoms with Crippen LogP contribution in [0.25, 0.3) is 10.9 Å². The third kappa shape index (κ3) is 4.76. The number of benzene rings is 2. The first kappa shape index (κ1) is 18.6. The molecule has 4 heteroatoms. The van der Waals surface area contributed by atoms with Crippen LogP contribution in [0.1, 0.15) is 28.9 Å². The van der Waals surface area contributed by atoms with E-state index in [1.807, 2.05) is 30.3 Å². The molecule has 4 rings (SSSR count). The molecule has 1 aromatic heterocycles. The normalized spacial score (nSPS) is 15.6. The average molecular weight is 374 g/mol. The number of aromatic nitrogens is 1. The minimum Gasteiger partial charge on any atom is -0.349 e. The smallest absolute Gasteiger partial charge is 0.269 e. The fourth-order valence-electron chi connectivity index (χ4n) is 3.97. The van der Waals surface area contributed by atoms with Crippen molar-refractivity contribution in [1.82, 2.24) is 15.2 Å². The van der Waals surface area contributed by atoms with Crippen molar-refractivity contribution in [3.8, 4) is 0 Å². The Kier molecular flexibility index (Phi) is 5.98. The first-order chi connectivity index (χ1) is 13.8. The zero-order valence-corrected chi connectivity index (χ0v) is 16.2. The fraction of sp³-hybridized carbons (Fsp3) is 0.333. The molecule has 2 aromatic carbocycles. The molecule has 4 nitrogen and oxygen atoms in total. The van der Waals surface area contributed by atoms with E-state index in [0.717, 1.165) is 36.5 Å². The summed E-state index contributed by atoms with van der Waals surface area (Å²) in [5, 5.41) is 4.07. The van der Waals surface area contributed by atoms with Crippen molar-refractivity contribution in [2.45, 2.75) is 19.3 Å². The van der Waals surface area contributed by atoms with Gasteiger partial charge < -0.3 is 10.2 Å². The van der Waals surface area contributed by atoms with Gasteiger partial charge in [-0.2, -0.15) is 0 Å². The van der Waals surface area contributed by atoms with Crippen molar-refractivity contribution >= 4 is 16.8 Å². The first-order valence-electron chi connectivity index (χ1n) is 10.2. The molecule has 1 N–H and O–H groups in total. The zero-order chi connectivity index (χ0) is 19.2. The van der Waals surface area contributed by atoms with Crippen LogP contribution in [0, 0.1) is 5.92 Å². The lowest BCUT2D eigenvalue weighted by Crippen LogP contribution is -2.40. The number of carbonyl (C=O) groups excluding carboxylic acids is 1. The summed E-state index contributed by atoms with van der Waals surface area (Å²) in [5.74, 6) is 0.680. The van der Waals surface area contributed by atoms with Gasteiger partial charge in [-0.25, -0.2) is 4.98 Å². The molecule has 28 heavy (non-hydrogen) atoms. The van der Waals surface area contributed by atoms with E-state index in [0.29, 0.717) is 12.2 Å². The number of carbonyl (C=O) groups is 1. The third-order valence-electron chi connectivity index (χ3n) is 5.62. The van der Waals surface area contributed by atoms with Gasteiger partial charge in [0.1, 0.15) is 5.69 Å². The number of para-hydroxylation sites is 1. The van der Waals surface area contributed by atoms with Crippen molar-refractivity contribution in [1.29, 1.82) is 0 Å². The van der Waals surface area contributed by atoms with Crippen molar-refractivity contribution in [3.05, 3.63) is 78.0 Å². The summed E-state index contributed by atoms with van der Waals surface area (Å²) in [6.45, 7) is 3.79. The van der Waals surface area contributed by atoms with Gasteiger partial charge in [0.25, 0.3) is 5.91 Å². The molecule has 0 unspecified atom stereocenters. The van der Waals surface area contributed by atoms with Crippen molar-refractivity contribution in [2.75, 3.05) is 26.2 Å². The standard InChI is InChI=1S/C24H27N3O/c28-24(23-11-10-21-8-4-5-9-22(21)26-23)25-14-17-27-15-12-20(13-16-27)18-19-6-2-1-3-7-19/h1-11,20H,12-18H2,(H,25,28). The van der Waals surface area contributed by atoms with Crippen LogP contribution < -0.4 is 5.32 Å². The molecule has 0 spiro atoms. The number of fused-ring (bicyclic) bond motifs is 1. The van der Waals surface area contributed by atoms with Crippen molar-refractivity contribution in [3.63, 3.8) is 0 Å². The Labute approximate surface area is 166 Å². The largest absolute Gasteiger partial charge is 0.349 e. The van der Waals surface area contributed by atoms with Gasteiger partial charge in [-0.3, -0.25) is 4.79 Å². The zero-order valence-electron chi connectivity index (χ0n) is 16.2. The number of rotatable bonds is 6. The van der Waals surface area contributed by atoms with Gasteiger partial charge in [0.05, 0.1) is 5.52 Å². The number of pyridine rings is 1. The summed E-state index contributed by atoms with van der Waals surface area (Å²) in [5.41, 5.74) is 2.78. The maximum Gasteiger partial charge on any atom is 0.269 e. The minimum atomic E-state index is -0.0929. The van der Waals surface area contributed by atoms with Crippen LogP contribution in [-0.2, 0) is 6.42 Å². The van der Waals surface area contributed by atoms with E-state index in [2.05, 4.69) is 45.5 Å². The second-order valence-corrected chi connectivity index (χ2v) is 7.62. The summed E-state index contributed by atoms with van der Waals surface area (Å²) in [6.07, 6.45) is 3.64. The highest BCUT2D eigenvalue weighted by atomic mass is 16.1. The Morgan fingerprint density at radius 3 is 2.54 bits per heavy atom. The average Bonchev–Trinajstić information content (AvgIpc) is 2.75. The Morgan fingerprint density at radius 1 is 0.964 bits per heavy atom. The van der Waals surface area contributed by atoms with E-state index < -0.39 is 0 Å². The molecule has 1 aliphatic heterocycles. The summed E-state index contributed by atoms with van der Waals surface area (Å²) in [4.78, 5) is 19.3. The van der Waals surface area contributed by atoms with Crippen LogP contribution in [0.3, 0.4) is 0 Å². The van der Waals surface area contributed by atoms with Gasteiger partial charge in [-0.05, 0) is 56.0 Å². The second kappa shape index (κ2) is 8.98. The molecule has 1 fully saturated rings. The lowest BCUT2D eigenvalue weighted by Gasteiger charge is -2.32. The van der Waals surface area contributed by atoms with Crippen LogP contribution in [0.5, 0.6) is 0 Å². The van der Waals surface area contributed by atoms with Gasteiger partial charge >= 0.3 is 0 Å². The van der Waals surface area contributed by atoms with Crippen molar-refractivity contribution in [2.24, 2.45) is 5.92 Å². The fourth-order valence-corrected chi connectivity index (χ4v) is 3.97. The second-order valence-electron chi connectivity index (χ2n) is 7.62. The highest BCUT2D eigenvalue weighted by Crippen LogP contribution is 2.21. The SMILES string of the molecule is O=C(NCCN1CCC(Cc2ccccc2)CC1)c1ccc2ccccc2n1. The van der Waals surface area contributed by atoms with Crippen LogP contribution in [0.2, 0.25) is 0 Å². The van der Waals surface area contributed by atoms with Gasteiger partial charge in [0, 0.05) is 18.5 Å². The predicted octanol–water partition coefficient (Wildman–Crippen LogP) is 3.92. The van der Waals surface area contributed by atoms with E-state index in [4.69, 9.17) is 0 Å². The van der Waals surface area contributed by atoms with Crippen LogP contribution >= 0.6 is 0 Å². The molecule has 1 aliphatic rings. The third-order valence-corrected chi connectivity index (χ3v) is 5.62. The summed E-state index contributed by atoms with van der Waals surface area (Å²) < 4.78 is 0. The van der Waals surface area contributed by atoms with Gasteiger partial charge in [0.15, 0.2) is 0 Å². The van der Waals surface area contributed by atoms with Crippen molar-refractivity contribution < 1.29 is 4.79 Å². The van der Waals surface area contributed by atoms with Crippen LogP contribution in [-0.4, -0.2) is 42.0 Å². The maximum atomic E-state index is 12.4. The monoisotopic (exact) mass is 373 g/mol. The molecule has 3 aromatic rings. The molecule has 0 atom stereocenters. The molecule has 144 valence electrons. The summed E-state index contributed by atoms with van der Waals surface area (Å²) in [6, 6.07) is 22.4. The molecule has 0 radical (unpaired) electrons. The number of hydrogen-bond donors (Lipinski definition) is 1. The predicted molar refractivity (Wildman–Crippen MR) is 113 cm³/mol. The molecular formula is C24H27N3O. The van der Waals surface area contributed by atoms with E-state index in [9.17, 15) is 4.79 Å². The Morgan fingerprint density at radius 2 is 1.71 bits per heavy atom. The van der Waals surface area contributed by atoms with Crippen LogP contribution in [0.15, 0.2) is 66.7 Å². The van der Waals surface area contributed by atoms with Gasteiger partial charge in [-0.15, -0.1) is 0 Å². The van der Waals surface area contributed by atoms with Crippen LogP contribution in [0.4, 0.5) is 0 Å². The number of amides is 1. The lowest BCUT2D eigenvalue weighted by molar-refractivity contribution is 0.0939. The minimum absolute atomic E-state index is 0.0929. The van der Waals surface area contributed by atoms with E-state index in [1.165, 1.54) is 24.8 Å². The van der Waals surface area contributed by atoms with Gasteiger partial charge in [0.2, 0.25) is 0 Å². The topological polar surface area (TPSA) is 45.2 Å². The van der Waals surface area contributed by atoms with E-state index >= 15 is 0 Å².